The summed E-state index contributed by atoms with van der Waals surface area (Å²) in [6, 6.07) is 9.23. The van der Waals surface area contributed by atoms with E-state index in [-0.39, 0.29) is 34.0 Å². The third kappa shape index (κ3) is 4.41. The van der Waals surface area contributed by atoms with Gasteiger partial charge in [0.25, 0.3) is 0 Å². The minimum atomic E-state index is -3.51. The Hall–Kier alpha value is -2.28. The summed E-state index contributed by atoms with van der Waals surface area (Å²) in [5, 5.41) is 0. The highest BCUT2D eigenvalue weighted by molar-refractivity contribution is 7.91. The van der Waals surface area contributed by atoms with Gasteiger partial charge in [-0.3, -0.25) is 4.79 Å². The van der Waals surface area contributed by atoms with Crippen LogP contribution >= 0.6 is 0 Å². The minimum absolute atomic E-state index is 0.00549. The predicted octanol–water partition coefficient (Wildman–Crippen LogP) is 3.91. The molecular formula is C21H23F2NO3S. The molecule has 0 heterocycles. The van der Waals surface area contributed by atoms with E-state index in [2.05, 4.69) is 0 Å². The molecule has 0 saturated heterocycles. The molecule has 4 nitrogen and oxygen atoms in total. The number of hydrogen-bond donors (Lipinski definition) is 0. The van der Waals surface area contributed by atoms with Crippen LogP contribution in [0, 0.1) is 23.5 Å². The summed E-state index contributed by atoms with van der Waals surface area (Å²) >= 11 is 0. The van der Waals surface area contributed by atoms with Crippen LogP contribution in [0.25, 0.3) is 11.1 Å². The molecule has 7 heteroatoms. The van der Waals surface area contributed by atoms with Gasteiger partial charge in [0.2, 0.25) is 5.91 Å². The van der Waals surface area contributed by atoms with E-state index in [1.54, 1.807) is 19.0 Å². The SMILES string of the molecule is CN(C)C(=O)C1CCC(CS(=O)(=O)c2ccc(-c3ccc(F)cc3F)cc2)C1. The third-order valence-electron chi connectivity index (χ3n) is 5.24. The second-order valence-electron chi connectivity index (χ2n) is 7.54. The van der Waals surface area contributed by atoms with E-state index in [0.717, 1.165) is 12.1 Å². The van der Waals surface area contributed by atoms with Crippen LogP contribution in [0.2, 0.25) is 0 Å². The molecule has 2 aromatic carbocycles. The summed E-state index contributed by atoms with van der Waals surface area (Å²) in [6.45, 7) is 0. The van der Waals surface area contributed by atoms with Gasteiger partial charge in [0.1, 0.15) is 11.6 Å². The fourth-order valence-electron chi connectivity index (χ4n) is 3.79. The zero-order chi connectivity index (χ0) is 20.5. The van der Waals surface area contributed by atoms with Crippen LogP contribution in [0.3, 0.4) is 0 Å². The molecular weight excluding hydrogens is 384 g/mol. The van der Waals surface area contributed by atoms with Crippen molar-refractivity contribution in [2.24, 2.45) is 11.8 Å². The Kier molecular flexibility index (Phi) is 5.84. The van der Waals surface area contributed by atoms with Crippen molar-refractivity contribution in [2.45, 2.75) is 24.2 Å². The lowest BCUT2D eigenvalue weighted by molar-refractivity contribution is -0.132. The number of amides is 1. The maximum atomic E-state index is 13.9. The average molecular weight is 407 g/mol. The van der Waals surface area contributed by atoms with Crippen LogP contribution in [0.5, 0.6) is 0 Å². The Labute approximate surface area is 164 Å². The van der Waals surface area contributed by atoms with Crippen molar-refractivity contribution >= 4 is 15.7 Å². The minimum Gasteiger partial charge on any atom is -0.349 e. The number of rotatable bonds is 5. The molecule has 2 unspecified atom stereocenters. The lowest BCUT2D eigenvalue weighted by Gasteiger charge is -2.16. The molecule has 1 fully saturated rings. The lowest BCUT2D eigenvalue weighted by Crippen LogP contribution is -2.28. The average Bonchev–Trinajstić information content (AvgIpc) is 3.08. The molecule has 2 aromatic rings. The second-order valence-corrected chi connectivity index (χ2v) is 9.57. The monoisotopic (exact) mass is 407 g/mol. The first-order valence-electron chi connectivity index (χ1n) is 9.17. The van der Waals surface area contributed by atoms with Crippen LogP contribution in [0.4, 0.5) is 8.78 Å². The number of nitrogens with zero attached hydrogens (tertiary/aromatic N) is 1. The quantitative estimate of drug-likeness (QED) is 0.755. The van der Waals surface area contributed by atoms with Crippen molar-refractivity contribution in [1.29, 1.82) is 0 Å². The van der Waals surface area contributed by atoms with E-state index < -0.39 is 21.5 Å². The summed E-state index contributed by atoms with van der Waals surface area (Å²) in [5.74, 6) is -1.48. The Bertz CT molecular complexity index is 972. The maximum absolute atomic E-state index is 13.9. The van der Waals surface area contributed by atoms with Gasteiger partial charge in [0.05, 0.1) is 10.6 Å². The van der Waals surface area contributed by atoms with E-state index in [1.807, 2.05) is 0 Å². The normalized spacial score (nSPS) is 19.6. The largest absolute Gasteiger partial charge is 0.349 e. The zero-order valence-electron chi connectivity index (χ0n) is 15.9. The van der Waals surface area contributed by atoms with Crippen molar-refractivity contribution < 1.29 is 22.0 Å². The van der Waals surface area contributed by atoms with Crippen LogP contribution < -0.4 is 0 Å². The van der Waals surface area contributed by atoms with Gasteiger partial charge in [-0.25, -0.2) is 17.2 Å². The van der Waals surface area contributed by atoms with Gasteiger partial charge in [-0.15, -0.1) is 0 Å². The summed E-state index contributed by atoms with van der Waals surface area (Å²) in [6.07, 6.45) is 2.00. The molecule has 2 atom stereocenters. The summed E-state index contributed by atoms with van der Waals surface area (Å²) in [7, 11) is -0.0950. The first-order valence-corrected chi connectivity index (χ1v) is 10.8. The number of carbonyl (C=O) groups excluding carboxylic acids is 1. The molecule has 28 heavy (non-hydrogen) atoms. The zero-order valence-corrected chi connectivity index (χ0v) is 16.7. The van der Waals surface area contributed by atoms with Crippen molar-refractivity contribution in [1.82, 2.24) is 4.90 Å². The van der Waals surface area contributed by atoms with Crippen molar-refractivity contribution in [2.75, 3.05) is 19.8 Å². The van der Waals surface area contributed by atoms with Crippen LogP contribution in [-0.4, -0.2) is 39.1 Å². The highest BCUT2D eigenvalue weighted by Crippen LogP contribution is 2.34. The fraction of sp³-hybridized carbons (Fsp3) is 0.381. The maximum Gasteiger partial charge on any atom is 0.225 e. The van der Waals surface area contributed by atoms with Crippen LogP contribution in [0.1, 0.15) is 19.3 Å². The van der Waals surface area contributed by atoms with E-state index in [0.29, 0.717) is 24.8 Å². The number of benzene rings is 2. The molecule has 1 aliphatic rings. The molecule has 0 aliphatic heterocycles. The summed E-state index contributed by atoms with van der Waals surface area (Å²) in [4.78, 5) is 13.8. The first-order chi connectivity index (χ1) is 13.2. The topological polar surface area (TPSA) is 54.5 Å². The van der Waals surface area contributed by atoms with Gasteiger partial charge in [-0.1, -0.05) is 12.1 Å². The molecule has 150 valence electrons. The van der Waals surface area contributed by atoms with E-state index in [1.165, 1.54) is 30.3 Å². The Morgan fingerprint density at radius 3 is 2.36 bits per heavy atom. The number of carbonyl (C=O) groups is 1. The molecule has 0 spiro atoms. The molecule has 0 radical (unpaired) electrons. The highest BCUT2D eigenvalue weighted by Gasteiger charge is 2.33. The van der Waals surface area contributed by atoms with Gasteiger partial charge in [-0.05, 0) is 55.0 Å². The molecule has 1 saturated carbocycles. The second kappa shape index (κ2) is 7.99. The van der Waals surface area contributed by atoms with Crippen molar-refractivity contribution in [3.63, 3.8) is 0 Å². The summed E-state index contributed by atoms with van der Waals surface area (Å²) in [5.41, 5.74) is 0.695. The molecule has 3 rings (SSSR count). The van der Waals surface area contributed by atoms with Crippen LogP contribution in [0.15, 0.2) is 47.4 Å². The smallest absolute Gasteiger partial charge is 0.225 e. The van der Waals surface area contributed by atoms with Gasteiger partial charge in [0.15, 0.2) is 9.84 Å². The highest BCUT2D eigenvalue weighted by atomic mass is 32.2. The Balaban J connectivity index is 1.72. The third-order valence-corrected chi connectivity index (χ3v) is 7.14. The van der Waals surface area contributed by atoms with E-state index >= 15 is 0 Å². The fourth-order valence-corrected chi connectivity index (χ4v) is 5.45. The molecule has 0 N–H and O–H groups in total. The number of hydrogen-bond acceptors (Lipinski definition) is 3. The molecule has 0 bridgehead atoms. The lowest BCUT2D eigenvalue weighted by atomic mass is 10.1. The number of sulfone groups is 1. The Morgan fingerprint density at radius 2 is 1.75 bits per heavy atom. The van der Waals surface area contributed by atoms with Crippen molar-refractivity contribution in [3.05, 3.63) is 54.1 Å². The molecule has 0 aromatic heterocycles. The molecule has 1 aliphatic carbocycles. The van der Waals surface area contributed by atoms with Crippen LogP contribution in [-0.2, 0) is 14.6 Å². The van der Waals surface area contributed by atoms with Gasteiger partial charge >= 0.3 is 0 Å². The van der Waals surface area contributed by atoms with Gasteiger partial charge in [0, 0.05) is 31.6 Å². The van der Waals surface area contributed by atoms with E-state index in [9.17, 15) is 22.0 Å². The summed E-state index contributed by atoms with van der Waals surface area (Å²) < 4.78 is 52.4. The van der Waals surface area contributed by atoms with E-state index in [4.69, 9.17) is 0 Å². The number of halogens is 2. The van der Waals surface area contributed by atoms with Gasteiger partial charge in [-0.2, -0.15) is 0 Å². The molecule has 1 amide bonds. The Morgan fingerprint density at radius 1 is 1.07 bits per heavy atom. The van der Waals surface area contributed by atoms with Gasteiger partial charge < -0.3 is 4.90 Å². The first kappa shape index (κ1) is 20.5. The standard InChI is InChI=1S/C21H23F2NO3S/c1-24(2)21(25)16-4-3-14(11-16)13-28(26,27)18-8-5-15(6-9-18)19-10-7-17(22)12-20(19)23/h5-10,12,14,16H,3-4,11,13H2,1-2H3. The van der Waals surface area contributed by atoms with Crippen molar-refractivity contribution in [3.8, 4) is 11.1 Å². The predicted molar refractivity (Wildman–Crippen MR) is 103 cm³/mol.